The number of unbranched alkanes of at least 4 members (excludes halogenated alkanes) is 1. The van der Waals surface area contributed by atoms with E-state index in [2.05, 4.69) is 11.5 Å². The lowest BCUT2D eigenvalue weighted by Crippen LogP contribution is -2.34. The van der Waals surface area contributed by atoms with Crippen molar-refractivity contribution < 1.29 is 19.4 Å². The van der Waals surface area contributed by atoms with Crippen molar-refractivity contribution in [1.29, 1.82) is 0 Å². The smallest absolute Gasteiger partial charge is 0.320 e. The highest BCUT2D eigenvalue weighted by molar-refractivity contribution is 5.72. The van der Waals surface area contributed by atoms with E-state index in [1.807, 2.05) is 20.8 Å². The van der Waals surface area contributed by atoms with Crippen molar-refractivity contribution in [3.05, 3.63) is 12.7 Å². The Bertz CT molecular complexity index is 351. The molecule has 5 heteroatoms. The van der Waals surface area contributed by atoms with Gasteiger partial charge in [-0.15, -0.1) is 6.58 Å². The van der Waals surface area contributed by atoms with Crippen molar-refractivity contribution in [3.8, 4) is 0 Å². The second-order valence-electron chi connectivity index (χ2n) is 6.90. The molecule has 1 N–H and O–H groups in total. The van der Waals surface area contributed by atoms with Gasteiger partial charge < -0.3 is 14.6 Å². The van der Waals surface area contributed by atoms with Gasteiger partial charge in [0, 0.05) is 19.7 Å². The number of esters is 1. The van der Waals surface area contributed by atoms with Crippen LogP contribution < -0.4 is 0 Å². The monoisotopic (exact) mass is 313 g/mol. The molecule has 1 unspecified atom stereocenters. The highest BCUT2D eigenvalue weighted by Crippen LogP contribution is 2.15. The van der Waals surface area contributed by atoms with Crippen LogP contribution >= 0.6 is 0 Å². The van der Waals surface area contributed by atoms with Crippen LogP contribution in [0, 0.1) is 0 Å². The van der Waals surface area contributed by atoms with Crippen LogP contribution in [-0.4, -0.2) is 60.0 Å². The number of rotatable bonds is 9. The standard InChI is InChI=1S/C17H31NO4/c1-5-14(19)8-6-7-11-21-15-9-10-18(12-15)13-16(20)22-17(2,3)4/h5,14-15,19H,1,6-13H2,2-4H3/t14?,15-/m1/s1. The molecular formula is C17H31NO4. The first-order chi connectivity index (χ1) is 10.3. The molecule has 5 nitrogen and oxygen atoms in total. The number of hydrogen-bond donors (Lipinski definition) is 1. The van der Waals surface area contributed by atoms with Crippen LogP contribution in [0.1, 0.15) is 46.5 Å². The van der Waals surface area contributed by atoms with Crippen molar-refractivity contribution >= 4 is 5.97 Å². The summed E-state index contributed by atoms with van der Waals surface area (Å²) in [6.07, 6.45) is 4.92. The Morgan fingerprint density at radius 3 is 2.82 bits per heavy atom. The third kappa shape index (κ3) is 8.51. The van der Waals surface area contributed by atoms with Gasteiger partial charge in [-0.25, -0.2) is 0 Å². The number of likely N-dealkylation sites (tertiary alicyclic amines) is 1. The zero-order valence-electron chi connectivity index (χ0n) is 14.2. The number of aliphatic hydroxyl groups is 1. The zero-order valence-corrected chi connectivity index (χ0v) is 14.2. The molecule has 1 fully saturated rings. The Kier molecular flexibility index (Phi) is 8.07. The summed E-state index contributed by atoms with van der Waals surface area (Å²) in [6, 6.07) is 0. The summed E-state index contributed by atoms with van der Waals surface area (Å²) in [5.41, 5.74) is -0.428. The molecule has 2 atom stereocenters. The molecule has 1 heterocycles. The quantitative estimate of drug-likeness (QED) is 0.401. The van der Waals surface area contributed by atoms with E-state index >= 15 is 0 Å². The topological polar surface area (TPSA) is 59.0 Å². The summed E-state index contributed by atoms with van der Waals surface area (Å²) in [5, 5.41) is 9.36. The van der Waals surface area contributed by atoms with E-state index in [0.29, 0.717) is 13.2 Å². The first-order valence-corrected chi connectivity index (χ1v) is 8.16. The lowest BCUT2D eigenvalue weighted by Gasteiger charge is -2.22. The van der Waals surface area contributed by atoms with Gasteiger partial charge in [-0.3, -0.25) is 9.69 Å². The Balaban J connectivity index is 2.10. The third-order valence-electron chi connectivity index (χ3n) is 3.52. The lowest BCUT2D eigenvalue weighted by molar-refractivity contribution is -0.155. The fourth-order valence-corrected chi connectivity index (χ4v) is 2.46. The third-order valence-corrected chi connectivity index (χ3v) is 3.52. The Morgan fingerprint density at radius 2 is 2.18 bits per heavy atom. The predicted molar refractivity (Wildman–Crippen MR) is 86.7 cm³/mol. The second-order valence-corrected chi connectivity index (χ2v) is 6.90. The van der Waals surface area contributed by atoms with Crippen molar-refractivity contribution in [1.82, 2.24) is 4.90 Å². The zero-order chi connectivity index (χ0) is 16.6. The molecule has 0 amide bonds. The normalized spacial score (nSPS) is 20.8. The molecule has 1 saturated heterocycles. The summed E-state index contributed by atoms with van der Waals surface area (Å²) >= 11 is 0. The Morgan fingerprint density at radius 1 is 1.45 bits per heavy atom. The van der Waals surface area contributed by atoms with E-state index in [-0.39, 0.29) is 12.1 Å². The van der Waals surface area contributed by atoms with Crippen LogP contribution in [0.15, 0.2) is 12.7 Å². The SMILES string of the molecule is C=CC(O)CCCCO[C@@H]1CCN(CC(=O)OC(C)(C)C)C1. The Labute approximate surface area is 134 Å². The van der Waals surface area contributed by atoms with Crippen LogP contribution in [0.5, 0.6) is 0 Å². The van der Waals surface area contributed by atoms with Gasteiger partial charge in [0.25, 0.3) is 0 Å². The van der Waals surface area contributed by atoms with Crippen LogP contribution in [0.25, 0.3) is 0 Å². The van der Waals surface area contributed by atoms with Crippen LogP contribution in [-0.2, 0) is 14.3 Å². The van der Waals surface area contributed by atoms with Crippen LogP contribution in [0.2, 0.25) is 0 Å². The number of hydrogen-bond acceptors (Lipinski definition) is 5. The average Bonchev–Trinajstić information content (AvgIpc) is 2.83. The maximum Gasteiger partial charge on any atom is 0.320 e. The fraction of sp³-hybridized carbons (Fsp3) is 0.824. The predicted octanol–water partition coefficient (Wildman–Crippen LogP) is 2.14. The molecule has 0 aromatic carbocycles. The van der Waals surface area contributed by atoms with E-state index in [1.165, 1.54) is 0 Å². The Hall–Kier alpha value is -0.910. The number of nitrogens with zero attached hydrogens (tertiary/aromatic N) is 1. The second kappa shape index (κ2) is 9.28. The van der Waals surface area contributed by atoms with Crippen molar-refractivity contribution in [3.63, 3.8) is 0 Å². The van der Waals surface area contributed by atoms with E-state index in [1.54, 1.807) is 6.08 Å². The summed E-state index contributed by atoms with van der Waals surface area (Å²) in [4.78, 5) is 13.9. The van der Waals surface area contributed by atoms with E-state index in [0.717, 1.165) is 38.8 Å². The van der Waals surface area contributed by atoms with Crippen molar-refractivity contribution in [2.45, 2.75) is 64.3 Å². The molecular weight excluding hydrogens is 282 g/mol. The minimum Gasteiger partial charge on any atom is -0.459 e. The highest BCUT2D eigenvalue weighted by atomic mass is 16.6. The van der Waals surface area contributed by atoms with Crippen molar-refractivity contribution in [2.75, 3.05) is 26.2 Å². The number of ether oxygens (including phenoxy) is 2. The van der Waals surface area contributed by atoms with Crippen LogP contribution in [0.4, 0.5) is 0 Å². The highest BCUT2D eigenvalue weighted by Gasteiger charge is 2.26. The number of carbonyl (C=O) groups is 1. The van der Waals surface area contributed by atoms with Gasteiger partial charge in [-0.2, -0.15) is 0 Å². The molecule has 0 spiro atoms. The molecule has 1 aliphatic heterocycles. The summed E-state index contributed by atoms with van der Waals surface area (Å²) in [7, 11) is 0. The first-order valence-electron chi connectivity index (χ1n) is 8.16. The van der Waals surface area contributed by atoms with E-state index < -0.39 is 11.7 Å². The van der Waals surface area contributed by atoms with Crippen LogP contribution in [0.3, 0.4) is 0 Å². The van der Waals surface area contributed by atoms with Gasteiger partial charge in [-0.05, 0) is 46.5 Å². The molecule has 0 radical (unpaired) electrons. The summed E-state index contributed by atoms with van der Waals surface area (Å²) in [5.74, 6) is -0.174. The average molecular weight is 313 g/mol. The molecule has 128 valence electrons. The van der Waals surface area contributed by atoms with E-state index in [4.69, 9.17) is 9.47 Å². The first kappa shape index (κ1) is 19.1. The molecule has 0 aromatic rings. The molecule has 0 aromatic heterocycles. The van der Waals surface area contributed by atoms with Gasteiger partial charge >= 0.3 is 5.97 Å². The molecule has 1 rings (SSSR count). The number of carbonyl (C=O) groups excluding carboxylic acids is 1. The number of aliphatic hydroxyl groups excluding tert-OH is 1. The fourth-order valence-electron chi connectivity index (χ4n) is 2.46. The summed E-state index contributed by atoms with van der Waals surface area (Å²) in [6.45, 7) is 11.9. The molecule has 22 heavy (non-hydrogen) atoms. The summed E-state index contributed by atoms with van der Waals surface area (Å²) < 4.78 is 11.2. The maximum atomic E-state index is 11.8. The largest absolute Gasteiger partial charge is 0.459 e. The molecule has 0 aliphatic carbocycles. The minimum atomic E-state index is -0.428. The molecule has 0 bridgehead atoms. The lowest BCUT2D eigenvalue weighted by atomic mass is 10.1. The van der Waals surface area contributed by atoms with Crippen molar-refractivity contribution in [2.24, 2.45) is 0 Å². The van der Waals surface area contributed by atoms with Gasteiger partial charge in [0.2, 0.25) is 0 Å². The van der Waals surface area contributed by atoms with Gasteiger partial charge in [0.1, 0.15) is 5.60 Å². The van der Waals surface area contributed by atoms with Gasteiger partial charge in [0.05, 0.1) is 18.8 Å². The van der Waals surface area contributed by atoms with E-state index in [9.17, 15) is 9.90 Å². The minimum absolute atomic E-state index is 0.174. The maximum absolute atomic E-state index is 11.8. The molecule has 1 aliphatic rings. The van der Waals surface area contributed by atoms with Gasteiger partial charge in [0.15, 0.2) is 0 Å². The van der Waals surface area contributed by atoms with Gasteiger partial charge in [-0.1, -0.05) is 6.08 Å². The molecule has 0 saturated carbocycles.